The minimum absolute atomic E-state index is 0.0374. The molecule has 0 fully saturated rings. The van der Waals surface area contributed by atoms with Crippen LogP contribution >= 0.6 is 0 Å². The maximum atomic E-state index is 12.2. The van der Waals surface area contributed by atoms with Crippen LogP contribution in [0.15, 0.2) is 169 Å². The predicted molar refractivity (Wildman–Crippen MR) is 314 cm³/mol. The number of carboxylic acid groups (broad SMARTS) is 2. The average molecular weight is 1110 g/mol. The second-order valence-corrected chi connectivity index (χ2v) is 21.1. The minimum Gasteiger partial charge on any atom is -0.504 e. The first-order valence-corrected chi connectivity index (χ1v) is 27.5. The molecular weight excluding hydrogens is 1040 g/mol. The third-order valence-electron chi connectivity index (χ3n) is 14.9. The zero-order chi connectivity index (χ0) is 58.3. The van der Waals surface area contributed by atoms with E-state index < -0.39 is 35.7 Å². The summed E-state index contributed by atoms with van der Waals surface area (Å²) in [7, 11) is 0. The van der Waals surface area contributed by atoms with E-state index in [9.17, 15) is 49.8 Å². The van der Waals surface area contributed by atoms with E-state index in [-0.39, 0.29) is 42.8 Å². The number of aromatic hydroxyl groups is 4. The monoisotopic (exact) mass is 1110 g/mol. The summed E-state index contributed by atoms with van der Waals surface area (Å²) in [4.78, 5) is 46.8. The minimum atomic E-state index is -1.50. The van der Waals surface area contributed by atoms with Crippen molar-refractivity contribution in [2.24, 2.45) is 11.8 Å². The van der Waals surface area contributed by atoms with E-state index in [0.717, 1.165) is 54.2 Å². The Bertz CT molecular complexity index is 3440. The molecule has 0 saturated carbocycles. The Morgan fingerprint density at radius 3 is 2.07 bits per heavy atom. The molecule has 0 bridgehead atoms. The second-order valence-electron chi connectivity index (χ2n) is 21.1. The summed E-state index contributed by atoms with van der Waals surface area (Å²) in [5.74, 6) is -3.74. The number of allylic oxidation sites excluding steroid dienone is 7. The van der Waals surface area contributed by atoms with Crippen LogP contribution in [0.1, 0.15) is 87.7 Å². The summed E-state index contributed by atoms with van der Waals surface area (Å²) in [5.41, 5.74) is 17.1. The van der Waals surface area contributed by atoms with Crippen LogP contribution in [0.3, 0.4) is 0 Å². The Balaban J connectivity index is 0.000000161. The molecule has 0 spiro atoms. The number of phenols is 4. The standard InChI is InChI=1S/C29H30.C21H23NO5.C18H16O8/c1-20-6-10-24(11-7-20)28-17-16-26-15-14-25(29(26)28)12-8-21(2)18-22-9-13-23-4-3-5-27(23)19-22;1-14-2-4-15(5-3-14)10-17(21(24)25)12-20(23)22-9-8-16-6-7-18-19(11-16)27-13-26-18;19-12-4-1-10(7-14(12)21)3-6-17(23)26-16(18(24)25)9-11-2-5-13(20)15(22)8-11/h6-7,9-11,13-15,17,19,29H,2-5,8,12,16,18H2,1H3;2-7,11,17H,8-10,12-13H2,1H3,(H,22,23)(H,24,25);1-8,16,19-22H,9H2,(H,24,25)/b;;6-3+. The molecule has 3 aliphatic carbocycles. The van der Waals surface area contributed by atoms with E-state index in [0.29, 0.717) is 42.2 Å². The summed E-state index contributed by atoms with van der Waals surface area (Å²) in [6, 6.07) is 37.1. The summed E-state index contributed by atoms with van der Waals surface area (Å²) in [6.07, 6.45) is 16.9. The van der Waals surface area contributed by atoms with Gasteiger partial charge in [-0.2, -0.15) is 0 Å². The topological polar surface area (TPSA) is 229 Å². The lowest BCUT2D eigenvalue weighted by Crippen LogP contribution is -2.30. The van der Waals surface area contributed by atoms with Crippen LogP contribution in [0.4, 0.5) is 0 Å². The average Bonchev–Trinajstić information content (AvgIpc) is 4.49. The van der Waals surface area contributed by atoms with Crippen LogP contribution in [0.2, 0.25) is 0 Å². The quantitative estimate of drug-likeness (QED) is 0.0163. The molecule has 0 saturated heterocycles. The largest absolute Gasteiger partial charge is 0.504 e. The molecule has 1 amide bonds. The van der Waals surface area contributed by atoms with Gasteiger partial charge < -0.3 is 50.2 Å². The van der Waals surface area contributed by atoms with Crippen LogP contribution in [-0.4, -0.2) is 73.9 Å². The lowest BCUT2D eigenvalue weighted by atomic mass is 9.85. The van der Waals surface area contributed by atoms with Gasteiger partial charge in [0.25, 0.3) is 0 Å². The number of aryl methyl sites for hydroxylation is 4. The SMILES string of the molecule is C=C(CCC1=CC=C2CC=C(c3ccc(C)cc3)C21)Cc1ccc2c(c1)CCC2.Cc1ccc(CC(CC(=O)NCCc2ccc3c(c2)OCO3)C(=O)O)cc1.O=C(/C=C/c1ccc(O)c(O)c1)OC(Cc1ccc(O)c(O)c1)C(=O)O. The number of rotatable bonds is 20. The number of carbonyl (C=O) groups is 4. The van der Waals surface area contributed by atoms with Crippen molar-refractivity contribution in [1.82, 2.24) is 5.32 Å². The van der Waals surface area contributed by atoms with Crippen LogP contribution in [-0.2, 0) is 62.4 Å². The van der Waals surface area contributed by atoms with Crippen molar-refractivity contribution in [2.45, 2.75) is 90.6 Å². The van der Waals surface area contributed by atoms with Crippen LogP contribution < -0.4 is 14.8 Å². The molecule has 14 heteroatoms. The lowest BCUT2D eigenvalue weighted by molar-refractivity contribution is -0.160. The van der Waals surface area contributed by atoms with E-state index in [1.165, 1.54) is 89.6 Å². The molecule has 3 atom stereocenters. The van der Waals surface area contributed by atoms with Gasteiger partial charge in [0.15, 0.2) is 34.5 Å². The first-order chi connectivity index (χ1) is 39.4. The molecule has 14 nitrogen and oxygen atoms in total. The highest BCUT2D eigenvalue weighted by Gasteiger charge is 2.31. The second kappa shape index (κ2) is 27.7. The Labute approximate surface area is 477 Å². The Kier molecular flexibility index (Phi) is 19.9. The molecule has 424 valence electrons. The van der Waals surface area contributed by atoms with Gasteiger partial charge in [0.1, 0.15) is 0 Å². The number of nitrogens with one attached hydrogen (secondary N) is 1. The van der Waals surface area contributed by atoms with Crippen LogP contribution in [0, 0.1) is 25.7 Å². The highest BCUT2D eigenvalue weighted by atomic mass is 16.7. The normalized spacial score (nSPS) is 15.0. The van der Waals surface area contributed by atoms with Crippen molar-refractivity contribution in [1.29, 1.82) is 0 Å². The molecule has 10 rings (SSSR count). The molecule has 1 aliphatic heterocycles. The smallest absolute Gasteiger partial charge is 0.345 e. The van der Waals surface area contributed by atoms with E-state index in [1.807, 2.05) is 49.4 Å². The zero-order valence-corrected chi connectivity index (χ0v) is 46.1. The van der Waals surface area contributed by atoms with Crippen molar-refractivity contribution in [3.05, 3.63) is 225 Å². The molecule has 6 aromatic rings. The molecule has 82 heavy (non-hydrogen) atoms. The third kappa shape index (κ3) is 16.4. The van der Waals surface area contributed by atoms with Gasteiger partial charge in [0, 0.05) is 31.4 Å². The van der Waals surface area contributed by atoms with Gasteiger partial charge in [-0.15, -0.1) is 0 Å². The number of carbonyl (C=O) groups excluding carboxylic acids is 2. The van der Waals surface area contributed by atoms with E-state index in [2.05, 4.69) is 79.5 Å². The molecule has 1 heterocycles. The number of aliphatic carboxylic acids is 2. The molecule has 0 aromatic heterocycles. The van der Waals surface area contributed by atoms with E-state index in [4.69, 9.17) is 14.2 Å². The summed E-state index contributed by atoms with van der Waals surface area (Å²) in [6.45, 7) is 9.22. The maximum absolute atomic E-state index is 12.2. The molecule has 7 N–H and O–H groups in total. The lowest BCUT2D eigenvalue weighted by Gasteiger charge is -2.19. The number of amides is 1. The summed E-state index contributed by atoms with van der Waals surface area (Å²) in [5, 5.41) is 58.7. The van der Waals surface area contributed by atoms with Gasteiger partial charge in [-0.1, -0.05) is 138 Å². The van der Waals surface area contributed by atoms with Crippen molar-refractivity contribution in [3.63, 3.8) is 0 Å². The van der Waals surface area contributed by atoms with Crippen molar-refractivity contribution in [3.8, 4) is 34.5 Å². The Hall–Kier alpha value is -9.30. The van der Waals surface area contributed by atoms with Crippen LogP contribution in [0.5, 0.6) is 34.5 Å². The highest BCUT2D eigenvalue weighted by Crippen LogP contribution is 2.47. The van der Waals surface area contributed by atoms with Crippen molar-refractivity contribution < 1.29 is 64.0 Å². The van der Waals surface area contributed by atoms with Gasteiger partial charge in [-0.05, 0) is 164 Å². The van der Waals surface area contributed by atoms with Gasteiger partial charge in [0.05, 0.1) is 5.92 Å². The number of hydrogen-bond acceptors (Lipinski definition) is 11. The number of carboxylic acids is 2. The first-order valence-electron chi connectivity index (χ1n) is 27.5. The Morgan fingerprint density at radius 1 is 0.683 bits per heavy atom. The molecular formula is C68H69NO13. The van der Waals surface area contributed by atoms with Crippen molar-refractivity contribution >= 4 is 35.5 Å². The Morgan fingerprint density at radius 2 is 1.35 bits per heavy atom. The van der Waals surface area contributed by atoms with Gasteiger partial charge in [0.2, 0.25) is 18.8 Å². The van der Waals surface area contributed by atoms with Gasteiger partial charge in [-0.3, -0.25) is 9.59 Å². The van der Waals surface area contributed by atoms with E-state index >= 15 is 0 Å². The van der Waals surface area contributed by atoms with Crippen LogP contribution in [0.25, 0.3) is 11.6 Å². The van der Waals surface area contributed by atoms with Crippen molar-refractivity contribution in [2.75, 3.05) is 13.3 Å². The molecule has 6 aromatic carbocycles. The number of esters is 1. The number of benzene rings is 6. The number of ether oxygens (including phenoxy) is 3. The fraction of sp³-hybridized carbons (Fsp3) is 0.265. The zero-order valence-electron chi connectivity index (χ0n) is 46.1. The first kappa shape index (κ1) is 58.8. The number of fused-ring (bicyclic) bond motifs is 3. The summed E-state index contributed by atoms with van der Waals surface area (Å²) >= 11 is 0. The maximum Gasteiger partial charge on any atom is 0.345 e. The fourth-order valence-corrected chi connectivity index (χ4v) is 10.3. The predicted octanol–water partition coefficient (Wildman–Crippen LogP) is 11.8. The van der Waals surface area contributed by atoms with E-state index in [1.54, 1.807) is 22.3 Å². The van der Waals surface area contributed by atoms with Gasteiger partial charge in [-0.25, -0.2) is 9.59 Å². The third-order valence-corrected chi connectivity index (χ3v) is 14.9. The number of hydrogen-bond donors (Lipinski definition) is 7. The highest BCUT2D eigenvalue weighted by molar-refractivity contribution is 5.89. The van der Waals surface area contributed by atoms with Gasteiger partial charge >= 0.3 is 17.9 Å². The number of phenolic OH excluding ortho intramolecular Hbond substituents is 4. The molecule has 0 radical (unpaired) electrons. The molecule has 3 unspecified atom stereocenters. The fourth-order valence-electron chi connectivity index (χ4n) is 10.3. The summed E-state index contributed by atoms with van der Waals surface area (Å²) < 4.78 is 15.5. The molecule has 4 aliphatic rings.